The van der Waals surface area contributed by atoms with Gasteiger partial charge in [-0.3, -0.25) is 0 Å². The summed E-state index contributed by atoms with van der Waals surface area (Å²) in [5, 5.41) is 13.5. The van der Waals surface area contributed by atoms with E-state index < -0.39 is 0 Å². The summed E-state index contributed by atoms with van der Waals surface area (Å²) in [4.78, 5) is 0. The second-order valence-electron chi connectivity index (χ2n) is 4.89. The fraction of sp³-hybridized carbons (Fsp3) is 0.600. The molecule has 0 saturated heterocycles. The van der Waals surface area contributed by atoms with Gasteiger partial charge in [0.1, 0.15) is 0 Å². The number of aliphatic hydroxyl groups is 1. The van der Waals surface area contributed by atoms with Gasteiger partial charge in [0.2, 0.25) is 0 Å². The van der Waals surface area contributed by atoms with Gasteiger partial charge in [-0.25, -0.2) is 0 Å². The first-order chi connectivity index (χ1) is 8.83. The summed E-state index contributed by atoms with van der Waals surface area (Å²) >= 11 is 2.09. The number of hydrogen-bond donors (Lipinski definition) is 2. The molecular formula is C15H23NOS. The Hall–Kier alpha value is -0.510. The highest BCUT2D eigenvalue weighted by atomic mass is 32.2. The summed E-state index contributed by atoms with van der Waals surface area (Å²) in [6, 6.07) is 8.89. The standard InChI is InChI=1S/C15H23NOS/c1-2-18-15-5-3-4-14(15)16-10-12-6-8-13(11-17)9-7-12/h6-9,14-17H,2-5,10-11H2,1H3/t14-,15-/m1/s1. The van der Waals surface area contributed by atoms with Crippen molar-refractivity contribution in [2.45, 2.75) is 50.6 Å². The molecule has 2 atom stereocenters. The third-order valence-electron chi connectivity index (χ3n) is 3.61. The molecule has 1 aliphatic rings. The van der Waals surface area contributed by atoms with Crippen molar-refractivity contribution >= 4 is 11.8 Å². The van der Waals surface area contributed by atoms with Crippen LogP contribution in [0.25, 0.3) is 0 Å². The predicted octanol–water partition coefficient (Wildman–Crippen LogP) is 2.94. The number of benzene rings is 1. The van der Waals surface area contributed by atoms with Gasteiger partial charge in [-0.2, -0.15) is 11.8 Å². The maximum atomic E-state index is 9.01. The van der Waals surface area contributed by atoms with Gasteiger partial charge in [0.05, 0.1) is 6.61 Å². The fourth-order valence-electron chi connectivity index (χ4n) is 2.58. The lowest BCUT2D eigenvalue weighted by atomic mass is 10.1. The quantitative estimate of drug-likeness (QED) is 0.829. The Morgan fingerprint density at radius 3 is 2.61 bits per heavy atom. The molecule has 1 fully saturated rings. The van der Waals surface area contributed by atoms with E-state index in [1.807, 2.05) is 12.1 Å². The average Bonchev–Trinajstić information content (AvgIpc) is 2.85. The highest BCUT2D eigenvalue weighted by molar-refractivity contribution is 7.99. The van der Waals surface area contributed by atoms with Gasteiger partial charge in [0.15, 0.2) is 0 Å². The monoisotopic (exact) mass is 265 g/mol. The van der Waals surface area contributed by atoms with E-state index in [2.05, 4.69) is 36.1 Å². The summed E-state index contributed by atoms with van der Waals surface area (Å²) in [5.74, 6) is 1.22. The maximum Gasteiger partial charge on any atom is 0.0681 e. The topological polar surface area (TPSA) is 32.3 Å². The van der Waals surface area contributed by atoms with Gasteiger partial charge in [-0.05, 0) is 29.7 Å². The van der Waals surface area contributed by atoms with Crippen molar-refractivity contribution in [3.8, 4) is 0 Å². The Balaban J connectivity index is 1.82. The van der Waals surface area contributed by atoms with Crippen LogP contribution < -0.4 is 5.32 Å². The third-order valence-corrected chi connectivity index (χ3v) is 4.93. The van der Waals surface area contributed by atoms with Gasteiger partial charge < -0.3 is 10.4 Å². The second-order valence-corrected chi connectivity index (χ2v) is 6.40. The Morgan fingerprint density at radius 2 is 1.94 bits per heavy atom. The van der Waals surface area contributed by atoms with Crippen LogP contribution in [0.2, 0.25) is 0 Å². The predicted molar refractivity (Wildman–Crippen MR) is 78.8 cm³/mol. The van der Waals surface area contributed by atoms with Crippen LogP contribution in [0.3, 0.4) is 0 Å². The van der Waals surface area contributed by atoms with E-state index in [4.69, 9.17) is 5.11 Å². The molecule has 2 rings (SSSR count). The largest absolute Gasteiger partial charge is 0.392 e. The molecule has 0 spiro atoms. The number of thioether (sulfide) groups is 1. The van der Waals surface area contributed by atoms with Crippen molar-refractivity contribution in [2.24, 2.45) is 0 Å². The van der Waals surface area contributed by atoms with Gasteiger partial charge in [-0.1, -0.05) is 37.6 Å². The molecule has 2 nitrogen and oxygen atoms in total. The Bertz CT molecular complexity index is 352. The molecule has 0 heterocycles. The van der Waals surface area contributed by atoms with Gasteiger partial charge in [0, 0.05) is 17.8 Å². The third kappa shape index (κ3) is 3.74. The lowest BCUT2D eigenvalue weighted by Gasteiger charge is -2.20. The number of nitrogens with one attached hydrogen (secondary N) is 1. The van der Waals surface area contributed by atoms with Crippen LogP contribution in [0.5, 0.6) is 0 Å². The zero-order valence-corrected chi connectivity index (χ0v) is 11.9. The molecule has 1 aromatic carbocycles. The number of hydrogen-bond acceptors (Lipinski definition) is 3. The van der Waals surface area contributed by atoms with Crippen LogP contribution in [0.4, 0.5) is 0 Å². The maximum absolute atomic E-state index is 9.01. The van der Waals surface area contributed by atoms with Gasteiger partial charge >= 0.3 is 0 Å². The molecule has 2 N–H and O–H groups in total. The highest BCUT2D eigenvalue weighted by Gasteiger charge is 2.26. The Kier molecular flexibility index (Phi) is 5.54. The molecule has 0 aliphatic heterocycles. The zero-order valence-electron chi connectivity index (χ0n) is 11.1. The second kappa shape index (κ2) is 7.17. The number of aliphatic hydroxyl groups excluding tert-OH is 1. The van der Waals surface area contributed by atoms with E-state index >= 15 is 0 Å². The first kappa shape index (κ1) is 13.9. The molecule has 1 saturated carbocycles. The van der Waals surface area contributed by atoms with Gasteiger partial charge in [-0.15, -0.1) is 0 Å². The SMILES string of the molecule is CCS[C@@H]1CCC[C@H]1NCc1ccc(CO)cc1. The highest BCUT2D eigenvalue weighted by Crippen LogP contribution is 2.30. The van der Waals surface area contributed by atoms with E-state index in [9.17, 15) is 0 Å². The Labute approximate surface area is 114 Å². The number of rotatable bonds is 6. The van der Waals surface area contributed by atoms with Crippen LogP contribution in [-0.2, 0) is 13.2 Å². The van der Waals surface area contributed by atoms with Crippen molar-refractivity contribution < 1.29 is 5.11 Å². The molecule has 0 unspecified atom stereocenters. The van der Waals surface area contributed by atoms with E-state index in [-0.39, 0.29) is 6.61 Å². The molecule has 100 valence electrons. The summed E-state index contributed by atoms with van der Waals surface area (Å²) in [6.07, 6.45) is 4.03. The smallest absolute Gasteiger partial charge is 0.0681 e. The van der Waals surface area contributed by atoms with Crippen molar-refractivity contribution in [1.82, 2.24) is 5.32 Å². The van der Waals surface area contributed by atoms with Crippen molar-refractivity contribution in [3.63, 3.8) is 0 Å². The molecule has 0 radical (unpaired) electrons. The molecule has 3 heteroatoms. The molecule has 18 heavy (non-hydrogen) atoms. The van der Waals surface area contributed by atoms with E-state index in [0.717, 1.165) is 17.4 Å². The van der Waals surface area contributed by atoms with E-state index in [1.165, 1.54) is 30.6 Å². The molecule has 0 bridgehead atoms. The minimum Gasteiger partial charge on any atom is -0.392 e. The van der Waals surface area contributed by atoms with E-state index in [0.29, 0.717) is 6.04 Å². The van der Waals surface area contributed by atoms with Crippen LogP contribution in [0, 0.1) is 0 Å². The summed E-state index contributed by atoms with van der Waals surface area (Å²) < 4.78 is 0. The first-order valence-corrected chi connectivity index (χ1v) is 7.92. The van der Waals surface area contributed by atoms with Gasteiger partial charge in [0.25, 0.3) is 0 Å². The zero-order chi connectivity index (χ0) is 12.8. The van der Waals surface area contributed by atoms with Crippen LogP contribution in [0.15, 0.2) is 24.3 Å². The molecule has 0 aromatic heterocycles. The fourth-order valence-corrected chi connectivity index (χ4v) is 3.81. The molecular weight excluding hydrogens is 242 g/mol. The van der Waals surface area contributed by atoms with Crippen molar-refractivity contribution in [2.75, 3.05) is 5.75 Å². The van der Waals surface area contributed by atoms with Crippen molar-refractivity contribution in [1.29, 1.82) is 0 Å². The minimum absolute atomic E-state index is 0.131. The lowest BCUT2D eigenvalue weighted by Crippen LogP contribution is -2.33. The normalized spacial score (nSPS) is 23.4. The van der Waals surface area contributed by atoms with E-state index in [1.54, 1.807) is 0 Å². The molecule has 0 amide bonds. The van der Waals surface area contributed by atoms with Crippen molar-refractivity contribution in [3.05, 3.63) is 35.4 Å². The Morgan fingerprint density at radius 1 is 1.22 bits per heavy atom. The first-order valence-electron chi connectivity index (χ1n) is 6.87. The summed E-state index contributed by atoms with van der Waals surface area (Å²) in [5.41, 5.74) is 2.29. The summed E-state index contributed by atoms with van der Waals surface area (Å²) in [7, 11) is 0. The van der Waals surface area contributed by atoms with Crippen LogP contribution >= 0.6 is 11.8 Å². The average molecular weight is 265 g/mol. The summed E-state index contributed by atoms with van der Waals surface area (Å²) in [6.45, 7) is 3.32. The molecule has 1 aliphatic carbocycles. The lowest BCUT2D eigenvalue weighted by molar-refractivity contribution is 0.282. The van der Waals surface area contributed by atoms with Crippen LogP contribution in [0.1, 0.15) is 37.3 Å². The molecule has 1 aromatic rings. The minimum atomic E-state index is 0.131. The van der Waals surface area contributed by atoms with Crippen LogP contribution in [-0.4, -0.2) is 22.2 Å².